The van der Waals surface area contributed by atoms with Crippen LogP contribution in [-0.4, -0.2) is 38.3 Å². The van der Waals surface area contributed by atoms with Crippen molar-refractivity contribution in [2.45, 2.75) is 32.9 Å². The molecule has 0 aromatic carbocycles. The van der Waals surface area contributed by atoms with Crippen LogP contribution in [0.2, 0.25) is 0 Å². The molecule has 0 heterocycles. The standard InChI is InChI=1S/C12H22N2O2/c1-6-7-13-12(15)10(4)14-11(8-16-5)9(2)3/h1,9-11,14H,7-8H2,2-5H3,(H,13,15). The largest absolute Gasteiger partial charge is 0.383 e. The van der Waals surface area contributed by atoms with E-state index in [1.165, 1.54) is 0 Å². The molecule has 0 rings (SSSR count). The Balaban J connectivity index is 4.13. The van der Waals surface area contributed by atoms with Crippen LogP contribution in [0.15, 0.2) is 0 Å². The molecule has 0 aliphatic heterocycles. The highest BCUT2D eigenvalue weighted by molar-refractivity contribution is 5.81. The molecule has 0 aromatic heterocycles. The van der Waals surface area contributed by atoms with E-state index in [1.807, 2.05) is 6.92 Å². The van der Waals surface area contributed by atoms with Gasteiger partial charge in [-0.15, -0.1) is 6.42 Å². The van der Waals surface area contributed by atoms with Gasteiger partial charge in [-0.1, -0.05) is 19.8 Å². The van der Waals surface area contributed by atoms with Gasteiger partial charge in [0.25, 0.3) is 0 Å². The molecule has 4 heteroatoms. The zero-order chi connectivity index (χ0) is 12.6. The van der Waals surface area contributed by atoms with Gasteiger partial charge >= 0.3 is 0 Å². The number of hydrogen-bond donors (Lipinski definition) is 2. The smallest absolute Gasteiger partial charge is 0.237 e. The fraction of sp³-hybridized carbons (Fsp3) is 0.750. The van der Waals surface area contributed by atoms with Crippen molar-refractivity contribution in [3.8, 4) is 12.3 Å². The highest BCUT2D eigenvalue weighted by atomic mass is 16.5. The summed E-state index contributed by atoms with van der Waals surface area (Å²) in [4.78, 5) is 11.6. The fourth-order valence-corrected chi connectivity index (χ4v) is 1.30. The molecular formula is C12H22N2O2. The monoisotopic (exact) mass is 226 g/mol. The molecule has 0 bridgehead atoms. The van der Waals surface area contributed by atoms with Crippen LogP contribution in [0, 0.1) is 18.3 Å². The van der Waals surface area contributed by atoms with Crippen molar-refractivity contribution in [2.75, 3.05) is 20.3 Å². The first-order valence-electron chi connectivity index (χ1n) is 5.49. The molecule has 2 N–H and O–H groups in total. The quantitative estimate of drug-likeness (QED) is 0.617. The van der Waals surface area contributed by atoms with E-state index in [9.17, 15) is 4.79 Å². The topological polar surface area (TPSA) is 50.4 Å². The van der Waals surface area contributed by atoms with Crippen LogP contribution in [0.25, 0.3) is 0 Å². The number of hydrogen-bond acceptors (Lipinski definition) is 3. The minimum absolute atomic E-state index is 0.0836. The third-order valence-electron chi connectivity index (χ3n) is 2.37. The number of terminal acetylenes is 1. The van der Waals surface area contributed by atoms with E-state index in [1.54, 1.807) is 7.11 Å². The van der Waals surface area contributed by atoms with Crippen molar-refractivity contribution in [3.05, 3.63) is 0 Å². The summed E-state index contributed by atoms with van der Waals surface area (Å²) in [5, 5.41) is 5.86. The highest BCUT2D eigenvalue weighted by Gasteiger charge is 2.19. The first-order chi connectivity index (χ1) is 7.52. The average Bonchev–Trinajstić information content (AvgIpc) is 2.24. The number of rotatable bonds is 7. The van der Waals surface area contributed by atoms with Gasteiger partial charge < -0.3 is 15.4 Å². The van der Waals surface area contributed by atoms with Gasteiger partial charge in [0.15, 0.2) is 0 Å². The molecule has 4 nitrogen and oxygen atoms in total. The van der Waals surface area contributed by atoms with Crippen molar-refractivity contribution >= 4 is 5.91 Å². The fourth-order valence-electron chi connectivity index (χ4n) is 1.30. The van der Waals surface area contributed by atoms with Crippen LogP contribution in [0.4, 0.5) is 0 Å². The Labute approximate surface area is 98.1 Å². The summed E-state index contributed by atoms with van der Waals surface area (Å²) >= 11 is 0. The highest BCUT2D eigenvalue weighted by Crippen LogP contribution is 2.03. The van der Waals surface area contributed by atoms with Gasteiger partial charge in [0, 0.05) is 13.2 Å². The first kappa shape index (κ1) is 14.9. The molecule has 0 aliphatic rings. The van der Waals surface area contributed by atoms with Crippen LogP contribution in [0.1, 0.15) is 20.8 Å². The second-order valence-electron chi connectivity index (χ2n) is 4.12. The summed E-state index contributed by atoms with van der Waals surface area (Å²) in [6.07, 6.45) is 5.07. The van der Waals surface area contributed by atoms with E-state index in [0.717, 1.165) is 0 Å². The van der Waals surface area contributed by atoms with Crippen LogP contribution in [0.3, 0.4) is 0 Å². The van der Waals surface area contributed by atoms with Crippen molar-refractivity contribution in [3.63, 3.8) is 0 Å². The molecule has 0 saturated heterocycles. The summed E-state index contributed by atoms with van der Waals surface area (Å²) in [5.41, 5.74) is 0. The Bertz CT molecular complexity index is 246. The van der Waals surface area contributed by atoms with Crippen LogP contribution in [0.5, 0.6) is 0 Å². The molecule has 0 fully saturated rings. The average molecular weight is 226 g/mol. The van der Waals surface area contributed by atoms with Gasteiger partial charge in [-0.05, 0) is 12.8 Å². The third kappa shape index (κ3) is 5.74. The molecule has 2 atom stereocenters. The molecule has 0 saturated carbocycles. The Kier molecular flexibility index (Phi) is 7.61. The van der Waals surface area contributed by atoms with Crippen molar-refractivity contribution < 1.29 is 9.53 Å². The summed E-state index contributed by atoms with van der Waals surface area (Å²) in [6.45, 7) is 6.84. The van der Waals surface area contributed by atoms with Gasteiger partial charge in [0.05, 0.1) is 19.2 Å². The van der Waals surface area contributed by atoms with Crippen molar-refractivity contribution in [1.29, 1.82) is 0 Å². The predicted molar refractivity (Wildman–Crippen MR) is 64.9 cm³/mol. The van der Waals surface area contributed by atoms with E-state index < -0.39 is 0 Å². The Hall–Kier alpha value is -1.05. The maximum Gasteiger partial charge on any atom is 0.237 e. The van der Waals surface area contributed by atoms with Crippen LogP contribution >= 0.6 is 0 Å². The lowest BCUT2D eigenvalue weighted by atomic mass is 10.0. The Morgan fingerprint density at radius 3 is 2.50 bits per heavy atom. The Morgan fingerprint density at radius 1 is 1.44 bits per heavy atom. The SMILES string of the molecule is C#CCNC(=O)C(C)NC(COC)C(C)C. The summed E-state index contributed by atoms with van der Waals surface area (Å²) in [7, 11) is 1.65. The Morgan fingerprint density at radius 2 is 2.06 bits per heavy atom. The molecule has 0 spiro atoms. The summed E-state index contributed by atoms with van der Waals surface area (Å²) in [5.74, 6) is 2.69. The third-order valence-corrected chi connectivity index (χ3v) is 2.37. The lowest BCUT2D eigenvalue weighted by Crippen LogP contribution is -2.50. The predicted octanol–water partition coefficient (Wildman–Crippen LogP) is 0.385. The van der Waals surface area contributed by atoms with Gasteiger partial charge in [-0.25, -0.2) is 0 Å². The first-order valence-corrected chi connectivity index (χ1v) is 5.49. The molecule has 1 amide bonds. The zero-order valence-electron chi connectivity index (χ0n) is 10.5. The number of amides is 1. The van der Waals surface area contributed by atoms with Gasteiger partial charge in [-0.2, -0.15) is 0 Å². The van der Waals surface area contributed by atoms with E-state index in [4.69, 9.17) is 11.2 Å². The number of nitrogens with one attached hydrogen (secondary N) is 2. The van der Waals surface area contributed by atoms with E-state index in [0.29, 0.717) is 12.5 Å². The molecule has 0 aromatic rings. The minimum Gasteiger partial charge on any atom is -0.383 e. The number of methoxy groups -OCH3 is 1. The van der Waals surface area contributed by atoms with Crippen molar-refractivity contribution in [2.24, 2.45) is 5.92 Å². The number of ether oxygens (including phenoxy) is 1. The number of carbonyl (C=O) groups is 1. The minimum atomic E-state index is -0.268. The van der Waals surface area contributed by atoms with Gasteiger partial charge in [0.1, 0.15) is 0 Å². The molecule has 0 radical (unpaired) electrons. The van der Waals surface area contributed by atoms with E-state index in [2.05, 4.69) is 30.4 Å². The lowest BCUT2D eigenvalue weighted by molar-refractivity contribution is -0.122. The molecule has 0 aliphatic carbocycles. The second-order valence-corrected chi connectivity index (χ2v) is 4.12. The normalized spacial score (nSPS) is 14.2. The maximum absolute atomic E-state index is 11.6. The second kappa shape index (κ2) is 8.14. The van der Waals surface area contributed by atoms with E-state index >= 15 is 0 Å². The molecular weight excluding hydrogens is 204 g/mol. The van der Waals surface area contributed by atoms with Crippen LogP contribution < -0.4 is 10.6 Å². The molecule has 92 valence electrons. The van der Waals surface area contributed by atoms with Crippen molar-refractivity contribution in [1.82, 2.24) is 10.6 Å². The summed E-state index contributed by atoms with van der Waals surface area (Å²) < 4.78 is 5.10. The zero-order valence-corrected chi connectivity index (χ0v) is 10.5. The van der Waals surface area contributed by atoms with Gasteiger partial charge in [-0.3, -0.25) is 4.79 Å². The maximum atomic E-state index is 11.6. The van der Waals surface area contributed by atoms with E-state index in [-0.39, 0.29) is 24.5 Å². The summed E-state index contributed by atoms with van der Waals surface area (Å²) in [6, 6.07) is -0.104. The molecule has 2 unspecified atom stereocenters. The van der Waals surface area contributed by atoms with Crippen LogP contribution in [-0.2, 0) is 9.53 Å². The van der Waals surface area contributed by atoms with Gasteiger partial charge in [0.2, 0.25) is 5.91 Å². The molecule has 16 heavy (non-hydrogen) atoms. The number of carbonyl (C=O) groups excluding carboxylic acids is 1. The lowest BCUT2D eigenvalue weighted by Gasteiger charge is -2.25.